The Hall–Kier alpha value is -2.28. The molecule has 0 aliphatic rings. The molecule has 0 spiro atoms. The van der Waals surface area contributed by atoms with E-state index in [4.69, 9.17) is 14.9 Å². The predicted octanol–water partition coefficient (Wildman–Crippen LogP) is 0.373. The number of carboxylic acids is 1. The molecule has 0 heterocycles. The largest absolute Gasteiger partial charge is 0.497 e. The highest BCUT2D eigenvalue weighted by molar-refractivity contribution is 5.74. The molecule has 0 aliphatic heterocycles. The first-order valence-corrected chi connectivity index (χ1v) is 6.58. The molecule has 0 aliphatic carbocycles. The van der Waals surface area contributed by atoms with E-state index in [-0.39, 0.29) is 19.0 Å². The number of aliphatic carboxylic acids is 1. The molecule has 116 valence electrons. The Bertz CT molecular complexity index is 461. The van der Waals surface area contributed by atoms with Gasteiger partial charge in [0, 0.05) is 19.5 Å². The van der Waals surface area contributed by atoms with Crippen LogP contribution in [0.2, 0.25) is 0 Å². The normalized spacial score (nSPS) is 11.5. The van der Waals surface area contributed by atoms with Gasteiger partial charge in [0.15, 0.2) is 6.10 Å². The summed E-state index contributed by atoms with van der Waals surface area (Å²) in [4.78, 5) is 21.8. The minimum atomic E-state index is -1.45. The summed E-state index contributed by atoms with van der Waals surface area (Å²) in [5.41, 5.74) is 1.07. The number of carboxylic acid groups (broad SMARTS) is 1. The number of amides is 2. The van der Waals surface area contributed by atoms with Crippen molar-refractivity contribution in [1.82, 2.24) is 10.6 Å². The fraction of sp³-hybridized carbons (Fsp3) is 0.429. The zero-order valence-corrected chi connectivity index (χ0v) is 11.8. The molecule has 4 N–H and O–H groups in total. The number of aliphatic hydroxyl groups is 1. The fourth-order valence-electron chi connectivity index (χ4n) is 1.62. The van der Waals surface area contributed by atoms with E-state index in [1.54, 1.807) is 7.11 Å². The molecule has 0 unspecified atom stereocenters. The van der Waals surface area contributed by atoms with Crippen LogP contribution in [0.25, 0.3) is 0 Å². The standard InChI is InChI=1S/C14H20N2O5/c1-21-11-4-2-10(3-5-11)6-8-15-14(20)16-9-7-12(17)13(18)19/h2-5,12,17H,6-9H2,1H3,(H,18,19)(H2,15,16,20)/t12-/m0/s1. The number of urea groups is 1. The smallest absolute Gasteiger partial charge is 0.332 e. The molecule has 0 fully saturated rings. The molecule has 1 aromatic rings. The van der Waals surface area contributed by atoms with Gasteiger partial charge in [0.05, 0.1) is 7.11 Å². The third-order valence-corrected chi connectivity index (χ3v) is 2.85. The van der Waals surface area contributed by atoms with E-state index in [2.05, 4.69) is 10.6 Å². The topological polar surface area (TPSA) is 108 Å². The maximum Gasteiger partial charge on any atom is 0.332 e. The molecule has 7 heteroatoms. The molecule has 1 rings (SSSR count). The van der Waals surface area contributed by atoms with Crippen molar-refractivity contribution in [1.29, 1.82) is 0 Å². The van der Waals surface area contributed by atoms with Gasteiger partial charge in [-0.1, -0.05) is 12.1 Å². The first-order valence-electron chi connectivity index (χ1n) is 6.58. The van der Waals surface area contributed by atoms with Gasteiger partial charge in [0.1, 0.15) is 5.75 Å². The lowest BCUT2D eigenvalue weighted by molar-refractivity contribution is -0.146. The number of nitrogens with one attached hydrogen (secondary N) is 2. The van der Waals surface area contributed by atoms with E-state index < -0.39 is 12.1 Å². The van der Waals surface area contributed by atoms with Crippen molar-refractivity contribution < 1.29 is 24.5 Å². The van der Waals surface area contributed by atoms with Gasteiger partial charge in [-0.3, -0.25) is 0 Å². The van der Waals surface area contributed by atoms with E-state index >= 15 is 0 Å². The van der Waals surface area contributed by atoms with Crippen LogP contribution in [0.3, 0.4) is 0 Å². The number of hydrogen-bond donors (Lipinski definition) is 4. The molecular formula is C14H20N2O5. The molecule has 21 heavy (non-hydrogen) atoms. The highest BCUT2D eigenvalue weighted by Gasteiger charge is 2.12. The number of rotatable bonds is 8. The first kappa shape index (κ1) is 16.8. The third kappa shape index (κ3) is 6.62. The average Bonchev–Trinajstić information content (AvgIpc) is 2.47. The van der Waals surface area contributed by atoms with Crippen molar-refractivity contribution in [3.05, 3.63) is 29.8 Å². The number of hydrogen-bond acceptors (Lipinski definition) is 4. The molecule has 0 saturated heterocycles. The summed E-state index contributed by atoms with van der Waals surface area (Å²) < 4.78 is 5.05. The van der Waals surface area contributed by atoms with Crippen LogP contribution in [0.15, 0.2) is 24.3 Å². The van der Waals surface area contributed by atoms with Crippen LogP contribution in [-0.4, -0.2) is 48.5 Å². The van der Waals surface area contributed by atoms with Crippen molar-refractivity contribution in [3.8, 4) is 5.75 Å². The van der Waals surface area contributed by atoms with Crippen molar-refractivity contribution >= 4 is 12.0 Å². The Labute approximate surface area is 122 Å². The summed E-state index contributed by atoms with van der Waals surface area (Å²) >= 11 is 0. The molecular weight excluding hydrogens is 276 g/mol. The lowest BCUT2D eigenvalue weighted by Gasteiger charge is -2.09. The van der Waals surface area contributed by atoms with Gasteiger partial charge in [-0.05, 0) is 24.1 Å². The zero-order valence-electron chi connectivity index (χ0n) is 11.8. The first-order chi connectivity index (χ1) is 10.0. The lowest BCUT2D eigenvalue weighted by Crippen LogP contribution is -2.38. The Morgan fingerprint density at radius 2 is 1.81 bits per heavy atom. The van der Waals surface area contributed by atoms with Crippen LogP contribution in [0.1, 0.15) is 12.0 Å². The zero-order chi connectivity index (χ0) is 15.7. The predicted molar refractivity (Wildman–Crippen MR) is 76.4 cm³/mol. The van der Waals surface area contributed by atoms with Crippen LogP contribution >= 0.6 is 0 Å². The third-order valence-electron chi connectivity index (χ3n) is 2.85. The van der Waals surface area contributed by atoms with Crippen LogP contribution in [-0.2, 0) is 11.2 Å². The van der Waals surface area contributed by atoms with Crippen molar-refractivity contribution in [2.45, 2.75) is 18.9 Å². The highest BCUT2D eigenvalue weighted by Crippen LogP contribution is 2.11. The number of aliphatic hydroxyl groups excluding tert-OH is 1. The Balaban J connectivity index is 2.16. The van der Waals surface area contributed by atoms with E-state index in [0.29, 0.717) is 13.0 Å². The molecule has 1 atom stereocenters. The van der Waals surface area contributed by atoms with Crippen molar-refractivity contribution in [2.75, 3.05) is 20.2 Å². The van der Waals surface area contributed by atoms with Crippen LogP contribution in [0, 0.1) is 0 Å². The van der Waals surface area contributed by atoms with Gasteiger partial charge in [-0.25, -0.2) is 9.59 Å². The Morgan fingerprint density at radius 1 is 1.19 bits per heavy atom. The average molecular weight is 296 g/mol. The fourth-order valence-corrected chi connectivity index (χ4v) is 1.62. The number of carbonyl (C=O) groups is 2. The number of carbonyl (C=O) groups excluding carboxylic acids is 1. The van der Waals surface area contributed by atoms with Gasteiger partial charge in [0.25, 0.3) is 0 Å². The lowest BCUT2D eigenvalue weighted by atomic mass is 10.1. The highest BCUT2D eigenvalue weighted by atomic mass is 16.5. The van der Waals surface area contributed by atoms with Crippen LogP contribution in [0.5, 0.6) is 5.75 Å². The molecule has 0 saturated carbocycles. The maximum atomic E-state index is 11.4. The van der Waals surface area contributed by atoms with Crippen LogP contribution in [0.4, 0.5) is 4.79 Å². The van der Waals surface area contributed by atoms with E-state index in [1.165, 1.54) is 0 Å². The van der Waals surface area contributed by atoms with E-state index in [0.717, 1.165) is 11.3 Å². The minimum Gasteiger partial charge on any atom is -0.497 e. The summed E-state index contributed by atoms with van der Waals surface area (Å²) in [5, 5.41) is 22.6. The van der Waals surface area contributed by atoms with E-state index in [9.17, 15) is 9.59 Å². The quantitative estimate of drug-likeness (QED) is 0.554. The second-order valence-electron chi connectivity index (χ2n) is 4.42. The maximum absolute atomic E-state index is 11.4. The van der Waals surface area contributed by atoms with E-state index in [1.807, 2.05) is 24.3 Å². The summed E-state index contributed by atoms with van der Waals surface area (Å²) in [7, 11) is 1.60. The number of benzene rings is 1. The minimum absolute atomic E-state index is 0.0266. The van der Waals surface area contributed by atoms with Gasteiger partial charge in [-0.2, -0.15) is 0 Å². The van der Waals surface area contributed by atoms with Crippen molar-refractivity contribution in [3.63, 3.8) is 0 Å². The second kappa shape index (κ2) is 8.80. The molecule has 0 aromatic heterocycles. The second-order valence-corrected chi connectivity index (χ2v) is 4.42. The summed E-state index contributed by atoms with van der Waals surface area (Å²) in [6.07, 6.45) is -0.805. The molecule has 2 amide bonds. The number of ether oxygens (including phenoxy) is 1. The van der Waals surface area contributed by atoms with Crippen LogP contribution < -0.4 is 15.4 Å². The summed E-state index contributed by atoms with van der Waals surface area (Å²) in [6, 6.07) is 7.15. The Morgan fingerprint density at radius 3 is 2.38 bits per heavy atom. The molecule has 7 nitrogen and oxygen atoms in total. The van der Waals surface area contributed by atoms with Gasteiger partial charge >= 0.3 is 12.0 Å². The van der Waals surface area contributed by atoms with Gasteiger partial charge < -0.3 is 25.6 Å². The van der Waals surface area contributed by atoms with Gasteiger partial charge in [-0.15, -0.1) is 0 Å². The molecule has 0 bridgehead atoms. The summed E-state index contributed by atoms with van der Waals surface area (Å²) in [6.45, 7) is 0.557. The molecule has 0 radical (unpaired) electrons. The number of methoxy groups -OCH3 is 1. The SMILES string of the molecule is COc1ccc(CCNC(=O)NCC[C@H](O)C(=O)O)cc1. The summed E-state index contributed by atoms with van der Waals surface area (Å²) in [5.74, 6) is -0.516. The van der Waals surface area contributed by atoms with Crippen molar-refractivity contribution in [2.24, 2.45) is 0 Å². The molecule has 1 aromatic carbocycles. The van der Waals surface area contributed by atoms with Gasteiger partial charge in [0.2, 0.25) is 0 Å². The Kier molecular flexibility index (Phi) is 7.03. The monoisotopic (exact) mass is 296 g/mol.